The lowest BCUT2D eigenvalue weighted by Crippen LogP contribution is -2.47. The first kappa shape index (κ1) is 9.22. The molecular weight excluding hydrogens is 160 g/mol. The predicted octanol–water partition coefficient (Wildman–Crippen LogP) is 1.54. The van der Waals surface area contributed by atoms with Crippen LogP contribution in [0.3, 0.4) is 0 Å². The third-order valence-corrected chi connectivity index (χ3v) is 3.49. The topological polar surface area (TPSA) is 26.0 Å². The molecule has 13 heavy (non-hydrogen) atoms. The standard InChI is InChI=1S/C11H21N2/c1-13(2,12)6-5-11-8-9-3-4-10(11)7-9/h3-4,9-11H,5-8,12H2,1-2H3/q+1. The van der Waals surface area contributed by atoms with E-state index in [1.165, 1.54) is 19.3 Å². The smallest absolute Gasteiger partial charge is 0.0958 e. The van der Waals surface area contributed by atoms with Crippen LogP contribution in [-0.2, 0) is 0 Å². The molecule has 2 rings (SSSR count). The molecular formula is C11H21N2+. The summed E-state index contributed by atoms with van der Waals surface area (Å²) in [6, 6.07) is 0. The van der Waals surface area contributed by atoms with Gasteiger partial charge in [0.25, 0.3) is 0 Å². The second-order valence-corrected chi connectivity index (χ2v) is 5.33. The minimum absolute atomic E-state index is 0.623. The fourth-order valence-corrected chi connectivity index (χ4v) is 2.73. The Kier molecular flexibility index (Phi) is 2.20. The van der Waals surface area contributed by atoms with Gasteiger partial charge in [-0.1, -0.05) is 12.2 Å². The van der Waals surface area contributed by atoms with Crippen molar-refractivity contribution in [2.45, 2.75) is 19.3 Å². The van der Waals surface area contributed by atoms with Crippen LogP contribution in [-0.4, -0.2) is 25.2 Å². The number of rotatable bonds is 3. The Morgan fingerprint density at radius 1 is 1.31 bits per heavy atom. The van der Waals surface area contributed by atoms with Gasteiger partial charge >= 0.3 is 0 Å². The molecule has 2 aliphatic rings. The van der Waals surface area contributed by atoms with Crippen LogP contribution in [0.2, 0.25) is 0 Å². The molecule has 1 fully saturated rings. The van der Waals surface area contributed by atoms with Gasteiger partial charge in [-0.3, -0.25) is 4.59 Å². The second kappa shape index (κ2) is 3.10. The Labute approximate surface area is 81.0 Å². The van der Waals surface area contributed by atoms with E-state index in [0.717, 1.165) is 24.3 Å². The summed E-state index contributed by atoms with van der Waals surface area (Å²) < 4.78 is 0.623. The number of fused-ring (bicyclic) bond motifs is 2. The van der Waals surface area contributed by atoms with Gasteiger partial charge in [0, 0.05) is 6.42 Å². The van der Waals surface area contributed by atoms with Gasteiger partial charge in [-0.05, 0) is 30.6 Å². The molecule has 0 aromatic rings. The number of nitrogens with two attached hydrogens (primary N) is 1. The first-order valence-electron chi connectivity index (χ1n) is 5.34. The Bertz CT molecular complexity index is 215. The fourth-order valence-electron chi connectivity index (χ4n) is 2.73. The number of quaternary nitrogens is 1. The quantitative estimate of drug-likeness (QED) is 0.304. The molecule has 0 aromatic carbocycles. The molecule has 0 aromatic heterocycles. The number of hydrogen-bond acceptors (Lipinski definition) is 1. The maximum atomic E-state index is 5.93. The molecule has 0 heterocycles. The molecule has 0 spiro atoms. The van der Waals surface area contributed by atoms with Crippen molar-refractivity contribution in [1.82, 2.24) is 0 Å². The predicted molar refractivity (Wildman–Crippen MR) is 54.6 cm³/mol. The average molecular weight is 181 g/mol. The molecule has 0 aliphatic heterocycles. The Morgan fingerprint density at radius 3 is 2.54 bits per heavy atom. The fraction of sp³-hybridized carbons (Fsp3) is 0.818. The first-order chi connectivity index (χ1) is 6.04. The zero-order valence-corrected chi connectivity index (χ0v) is 8.74. The molecule has 3 atom stereocenters. The second-order valence-electron chi connectivity index (χ2n) is 5.33. The molecule has 2 aliphatic carbocycles. The van der Waals surface area contributed by atoms with Crippen LogP contribution in [0.15, 0.2) is 12.2 Å². The van der Waals surface area contributed by atoms with E-state index < -0.39 is 0 Å². The normalized spacial score (nSPS) is 37.3. The lowest BCUT2D eigenvalue weighted by atomic mass is 9.90. The molecule has 74 valence electrons. The third kappa shape index (κ3) is 2.12. The molecule has 3 unspecified atom stereocenters. The van der Waals surface area contributed by atoms with E-state index in [4.69, 9.17) is 5.84 Å². The zero-order valence-electron chi connectivity index (χ0n) is 8.74. The van der Waals surface area contributed by atoms with Gasteiger partial charge in [0.1, 0.15) is 0 Å². The van der Waals surface area contributed by atoms with E-state index in [1.54, 1.807) is 0 Å². The summed E-state index contributed by atoms with van der Waals surface area (Å²) in [5.74, 6) is 8.65. The highest BCUT2D eigenvalue weighted by Crippen LogP contribution is 2.44. The maximum absolute atomic E-state index is 5.93. The van der Waals surface area contributed by atoms with Gasteiger partial charge in [-0.25, -0.2) is 0 Å². The lowest BCUT2D eigenvalue weighted by molar-refractivity contribution is -0.902. The molecule has 2 N–H and O–H groups in total. The van der Waals surface area contributed by atoms with E-state index in [2.05, 4.69) is 26.2 Å². The average Bonchev–Trinajstić information content (AvgIpc) is 2.58. The number of allylic oxidation sites excluding steroid dienone is 2. The largest absolute Gasteiger partial charge is 0.253 e. The molecule has 2 nitrogen and oxygen atoms in total. The van der Waals surface area contributed by atoms with Crippen LogP contribution in [0, 0.1) is 17.8 Å². The van der Waals surface area contributed by atoms with Crippen molar-refractivity contribution in [3.8, 4) is 0 Å². The summed E-state index contributed by atoms with van der Waals surface area (Å²) in [6.45, 7) is 1.11. The molecule has 0 radical (unpaired) electrons. The van der Waals surface area contributed by atoms with Crippen LogP contribution in [0.4, 0.5) is 0 Å². The van der Waals surface area contributed by atoms with Gasteiger partial charge in [-0.2, -0.15) is 5.84 Å². The minimum Gasteiger partial charge on any atom is -0.253 e. The van der Waals surface area contributed by atoms with Crippen LogP contribution in [0.1, 0.15) is 19.3 Å². The van der Waals surface area contributed by atoms with Crippen molar-refractivity contribution in [3.05, 3.63) is 12.2 Å². The first-order valence-corrected chi connectivity index (χ1v) is 5.34. The van der Waals surface area contributed by atoms with Gasteiger partial charge in [-0.15, -0.1) is 0 Å². The van der Waals surface area contributed by atoms with Gasteiger partial charge in [0.05, 0.1) is 20.6 Å². The molecule has 0 saturated heterocycles. The number of nitrogens with zero attached hydrogens (tertiary/aromatic N) is 1. The van der Waals surface area contributed by atoms with Crippen LogP contribution < -0.4 is 5.84 Å². The van der Waals surface area contributed by atoms with Crippen molar-refractivity contribution in [1.29, 1.82) is 0 Å². The van der Waals surface area contributed by atoms with Gasteiger partial charge in [0.2, 0.25) is 0 Å². The van der Waals surface area contributed by atoms with Gasteiger partial charge < -0.3 is 0 Å². The molecule has 2 heteroatoms. The summed E-state index contributed by atoms with van der Waals surface area (Å²) in [5, 5.41) is 0. The van der Waals surface area contributed by atoms with Crippen molar-refractivity contribution >= 4 is 0 Å². The van der Waals surface area contributed by atoms with Crippen molar-refractivity contribution in [3.63, 3.8) is 0 Å². The van der Waals surface area contributed by atoms with E-state index in [1.807, 2.05) is 0 Å². The molecule has 1 saturated carbocycles. The molecule has 2 bridgehead atoms. The summed E-state index contributed by atoms with van der Waals surface area (Å²) >= 11 is 0. The highest BCUT2D eigenvalue weighted by molar-refractivity contribution is 5.09. The highest BCUT2D eigenvalue weighted by Gasteiger charge is 2.35. The minimum atomic E-state index is 0.623. The van der Waals surface area contributed by atoms with Crippen molar-refractivity contribution in [2.24, 2.45) is 23.6 Å². The van der Waals surface area contributed by atoms with Crippen LogP contribution >= 0.6 is 0 Å². The summed E-state index contributed by atoms with van der Waals surface area (Å²) in [4.78, 5) is 0. The van der Waals surface area contributed by atoms with E-state index in [9.17, 15) is 0 Å². The van der Waals surface area contributed by atoms with Gasteiger partial charge in [0.15, 0.2) is 0 Å². The van der Waals surface area contributed by atoms with Crippen molar-refractivity contribution in [2.75, 3.05) is 20.6 Å². The van der Waals surface area contributed by atoms with E-state index >= 15 is 0 Å². The van der Waals surface area contributed by atoms with Crippen LogP contribution in [0.25, 0.3) is 0 Å². The maximum Gasteiger partial charge on any atom is 0.0958 e. The monoisotopic (exact) mass is 181 g/mol. The van der Waals surface area contributed by atoms with Crippen LogP contribution in [0.5, 0.6) is 0 Å². The third-order valence-electron chi connectivity index (χ3n) is 3.49. The lowest BCUT2D eigenvalue weighted by Gasteiger charge is -2.26. The Hall–Kier alpha value is -0.340. The van der Waals surface area contributed by atoms with E-state index in [0.29, 0.717) is 4.59 Å². The Morgan fingerprint density at radius 2 is 2.08 bits per heavy atom. The van der Waals surface area contributed by atoms with E-state index in [-0.39, 0.29) is 0 Å². The van der Waals surface area contributed by atoms with Crippen molar-refractivity contribution < 1.29 is 4.59 Å². The zero-order chi connectivity index (χ0) is 9.47. The summed E-state index contributed by atoms with van der Waals surface area (Å²) in [6.07, 6.45) is 8.97. The number of hydrogen-bond donors (Lipinski definition) is 1. The molecule has 0 amide bonds. The SMILES string of the molecule is C[N+](C)(N)CCC1CC2C=CC1C2. The summed E-state index contributed by atoms with van der Waals surface area (Å²) in [7, 11) is 4.14. The summed E-state index contributed by atoms with van der Waals surface area (Å²) in [5.41, 5.74) is 0. The Balaban J connectivity index is 1.81. The highest BCUT2D eigenvalue weighted by atomic mass is 15.5.